The fourth-order valence-corrected chi connectivity index (χ4v) is 6.82. The molecule has 7 heteroatoms. The number of hydrogen-bond acceptors (Lipinski definition) is 3. The molecule has 0 aromatic heterocycles. The van der Waals surface area contributed by atoms with Crippen molar-refractivity contribution in [3.8, 4) is 0 Å². The fraction of sp³-hybridized carbons (Fsp3) is 0.419. The van der Waals surface area contributed by atoms with Crippen LogP contribution < -0.4 is 0 Å². The third-order valence-corrected chi connectivity index (χ3v) is 9.74. The van der Waals surface area contributed by atoms with Crippen LogP contribution >= 0.6 is 24.0 Å². The van der Waals surface area contributed by atoms with Gasteiger partial charge in [-0.3, -0.25) is 0 Å². The summed E-state index contributed by atoms with van der Waals surface area (Å²) in [5.74, 6) is 0.886. The summed E-state index contributed by atoms with van der Waals surface area (Å²) in [7, 11) is -1.86. The molecule has 0 saturated carbocycles. The second-order valence-electron chi connectivity index (χ2n) is 10.3. The fourth-order valence-electron chi connectivity index (χ4n) is 5.38. The van der Waals surface area contributed by atoms with Crippen molar-refractivity contribution in [2.24, 2.45) is 5.92 Å². The maximum Gasteiger partial charge on any atom is 0.242 e. The maximum absolute atomic E-state index is 13.2. The first-order valence-electron chi connectivity index (χ1n) is 13.4. The minimum atomic E-state index is -3.54. The summed E-state index contributed by atoms with van der Waals surface area (Å²) in [6, 6.07) is 27.3. The Labute approximate surface area is 240 Å². The normalized spacial score (nSPS) is 15.8. The van der Waals surface area contributed by atoms with E-state index in [1.54, 1.807) is 31.3 Å². The van der Waals surface area contributed by atoms with E-state index in [2.05, 4.69) is 41.3 Å². The summed E-state index contributed by atoms with van der Waals surface area (Å²) in [5.41, 5.74) is 2.53. The average molecular weight is 576 g/mol. The predicted octanol–water partition coefficient (Wildman–Crippen LogP) is 7.29. The molecule has 0 bridgehead atoms. The first-order chi connectivity index (χ1) is 17.9. The van der Waals surface area contributed by atoms with Crippen LogP contribution in [0.5, 0.6) is 0 Å². The Morgan fingerprint density at radius 1 is 0.947 bits per heavy atom. The van der Waals surface area contributed by atoms with E-state index >= 15 is 0 Å². The van der Waals surface area contributed by atoms with Gasteiger partial charge in [0, 0.05) is 18.6 Å². The SMILES string of the molecule is CN(C[C@@H](CCN1CCC(CCCc2ccccc2)CC1)c1cccc(Cl)c1)S(=O)(=O)c1ccccc1.Cl. The lowest BCUT2D eigenvalue weighted by Crippen LogP contribution is -2.36. The van der Waals surface area contributed by atoms with Crippen LogP contribution in [0.3, 0.4) is 0 Å². The van der Waals surface area contributed by atoms with Gasteiger partial charge < -0.3 is 4.90 Å². The Morgan fingerprint density at radius 3 is 2.26 bits per heavy atom. The van der Waals surface area contributed by atoms with E-state index in [9.17, 15) is 8.42 Å². The molecule has 1 saturated heterocycles. The molecule has 1 aliphatic rings. The molecule has 1 heterocycles. The van der Waals surface area contributed by atoms with E-state index in [1.165, 1.54) is 42.0 Å². The van der Waals surface area contributed by atoms with Gasteiger partial charge in [-0.25, -0.2) is 12.7 Å². The number of piperidine rings is 1. The van der Waals surface area contributed by atoms with Crippen molar-refractivity contribution in [2.75, 3.05) is 33.2 Å². The van der Waals surface area contributed by atoms with Crippen molar-refractivity contribution in [1.82, 2.24) is 9.21 Å². The number of benzene rings is 3. The monoisotopic (exact) mass is 574 g/mol. The van der Waals surface area contributed by atoms with Crippen molar-refractivity contribution in [3.05, 3.63) is 101 Å². The summed E-state index contributed by atoms with van der Waals surface area (Å²) in [6.07, 6.45) is 7.12. The van der Waals surface area contributed by atoms with E-state index in [1.807, 2.05) is 24.3 Å². The van der Waals surface area contributed by atoms with E-state index in [4.69, 9.17) is 11.6 Å². The summed E-state index contributed by atoms with van der Waals surface area (Å²) in [5, 5.41) is 0.687. The first-order valence-corrected chi connectivity index (χ1v) is 15.3. The third kappa shape index (κ3) is 8.82. The zero-order chi connectivity index (χ0) is 26.1. The Bertz CT molecular complexity index is 1200. The standard InChI is InChI=1S/C31H39ClN2O2S.ClH/c1-33(37(35,36)31-16-6-3-7-17-31)25-29(28-14-9-15-30(32)24-28)20-23-34-21-18-27(19-22-34)13-8-12-26-10-4-2-5-11-26;/h2-7,9-11,14-17,24,27,29H,8,12-13,18-23,25H2,1H3;1H/t29-;/m1./s1. The highest BCUT2D eigenvalue weighted by Crippen LogP contribution is 2.28. The molecule has 0 unspecified atom stereocenters. The summed E-state index contributed by atoms with van der Waals surface area (Å²) in [6.45, 7) is 3.63. The zero-order valence-electron chi connectivity index (χ0n) is 22.2. The topological polar surface area (TPSA) is 40.6 Å². The van der Waals surface area contributed by atoms with Crippen LogP contribution in [0.2, 0.25) is 5.02 Å². The van der Waals surface area contributed by atoms with Gasteiger partial charge in [-0.2, -0.15) is 0 Å². The molecule has 0 radical (unpaired) electrons. The Hall–Kier alpha value is -1.89. The highest BCUT2D eigenvalue weighted by molar-refractivity contribution is 7.89. The van der Waals surface area contributed by atoms with Crippen molar-refractivity contribution >= 4 is 34.0 Å². The third-order valence-electron chi connectivity index (χ3n) is 7.67. The molecule has 0 aliphatic carbocycles. The predicted molar refractivity (Wildman–Crippen MR) is 161 cm³/mol. The van der Waals surface area contributed by atoms with Gasteiger partial charge in [-0.1, -0.05) is 78.7 Å². The van der Waals surface area contributed by atoms with Crippen molar-refractivity contribution in [2.45, 2.75) is 49.3 Å². The Balaban J connectivity index is 0.00000400. The quantitative estimate of drug-likeness (QED) is 0.228. The lowest BCUT2D eigenvalue weighted by atomic mass is 9.90. The summed E-state index contributed by atoms with van der Waals surface area (Å²) >= 11 is 6.31. The van der Waals surface area contributed by atoms with Gasteiger partial charge in [0.15, 0.2) is 0 Å². The van der Waals surface area contributed by atoms with Gasteiger partial charge in [0.05, 0.1) is 4.90 Å². The minimum Gasteiger partial charge on any atom is -0.303 e. The second-order valence-corrected chi connectivity index (χ2v) is 12.8. The van der Waals surface area contributed by atoms with Gasteiger partial charge in [0.1, 0.15) is 0 Å². The second kappa shape index (κ2) is 15.0. The molecular formula is C31H40Cl2N2O2S. The van der Waals surface area contributed by atoms with Crippen molar-refractivity contribution in [3.63, 3.8) is 0 Å². The van der Waals surface area contributed by atoms with E-state index < -0.39 is 10.0 Å². The van der Waals surface area contributed by atoms with Gasteiger partial charge in [-0.05, 0) is 99.0 Å². The van der Waals surface area contributed by atoms with Gasteiger partial charge in [0.2, 0.25) is 10.0 Å². The molecule has 4 rings (SSSR count). The van der Waals surface area contributed by atoms with Crippen LogP contribution in [0.4, 0.5) is 0 Å². The number of hydrogen-bond donors (Lipinski definition) is 0. The molecule has 38 heavy (non-hydrogen) atoms. The summed E-state index contributed by atoms with van der Waals surface area (Å²) < 4.78 is 27.8. The number of aryl methyl sites for hydroxylation is 1. The van der Waals surface area contributed by atoms with Crippen LogP contribution in [0, 0.1) is 5.92 Å². The molecule has 3 aromatic rings. The Kier molecular flexibility index (Phi) is 12.1. The van der Waals surface area contributed by atoms with Crippen molar-refractivity contribution in [1.29, 1.82) is 0 Å². The highest BCUT2D eigenvalue weighted by Gasteiger charge is 2.26. The number of sulfonamides is 1. The van der Waals surface area contributed by atoms with Crippen LogP contribution in [0.1, 0.15) is 49.1 Å². The zero-order valence-corrected chi connectivity index (χ0v) is 24.6. The van der Waals surface area contributed by atoms with E-state index in [-0.39, 0.29) is 18.3 Å². The van der Waals surface area contributed by atoms with Crippen LogP contribution in [-0.4, -0.2) is 50.8 Å². The highest BCUT2D eigenvalue weighted by atomic mass is 35.5. The van der Waals surface area contributed by atoms with E-state index in [0.29, 0.717) is 16.5 Å². The summed E-state index contributed by atoms with van der Waals surface area (Å²) in [4.78, 5) is 2.88. The number of likely N-dealkylation sites (N-methyl/N-ethyl adjacent to an activating group) is 1. The molecule has 4 nitrogen and oxygen atoms in total. The lowest BCUT2D eigenvalue weighted by Gasteiger charge is -2.33. The van der Waals surface area contributed by atoms with Crippen molar-refractivity contribution < 1.29 is 8.42 Å². The molecule has 1 fully saturated rings. The molecular weight excluding hydrogens is 535 g/mol. The molecule has 0 N–H and O–H groups in total. The first kappa shape index (κ1) is 30.6. The van der Waals surface area contributed by atoms with Gasteiger partial charge >= 0.3 is 0 Å². The molecule has 206 valence electrons. The Morgan fingerprint density at radius 2 is 1.61 bits per heavy atom. The lowest BCUT2D eigenvalue weighted by molar-refractivity contribution is 0.171. The largest absolute Gasteiger partial charge is 0.303 e. The number of likely N-dealkylation sites (tertiary alicyclic amines) is 1. The number of nitrogens with zero attached hydrogens (tertiary/aromatic N) is 2. The molecule has 0 spiro atoms. The minimum absolute atomic E-state index is 0. The van der Waals surface area contributed by atoms with Gasteiger partial charge in [0.25, 0.3) is 0 Å². The molecule has 0 amide bonds. The van der Waals surface area contributed by atoms with Crippen LogP contribution in [-0.2, 0) is 16.4 Å². The maximum atomic E-state index is 13.2. The van der Waals surface area contributed by atoms with E-state index in [0.717, 1.165) is 37.5 Å². The molecule has 1 atom stereocenters. The van der Waals surface area contributed by atoms with Crippen LogP contribution in [0.25, 0.3) is 0 Å². The number of rotatable bonds is 12. The smallest absolute Gasteiger partial charge is 0.242 e. The average Bonchev–Trinajstić information content (AvgIpc) is 2.92. The van der Waals surface area contributed by atoms with Gasteiger partial charge in [-0.15, -0.1) is 12.4 Å². The molecule has 3 aromatic carbocycles. The number of halogens is 2. The van der Waals surface area contributed by atoms with Crippen LogP contribution in [0.15, 0.2) is 89.8 Å². The molecule has 1 aliphatic heterocycles.